The topological polar surface area (TPSA) is 66.5 Å². The zero-order valence-corrected chi connectivity index (χ0v) is 10.5. The second-order valence-corrected chi connectivity index (χ2v) is 4.62. The van der Waals surface area contributed by atoms with Crippen molar-refractivity contribution >= 4 is 0 Å². The fraction of sp³-hybridized carbons (Fsp3) is 0.462. The molecule has 0 fully saturated rings. The zero-order chi connectivity index (χ0) is 12.4. The quantitative estimate of drug-likeness (QED) is 0.790. The number of hydrogen-bond acceptors (Lipinski definition) is 4. The van der Waals surface area contributed by atoms with Crippen molar-refractivity contribution in [1.82, 2.24) is 25.3 Å². The Morgan fingerprint density at radius 1 is 1.33 bits per heavy atom. The lowest BCUT2D eigenvalue weighted by Crippen LogP contribution is -2.17. The molecule has 0 bridgehead atoms. The fourth-order valence-electron chi connectivity index (χ4n) is 2.52. The number of imidazole rings is 1. The SMILES string of the molecule is CNC1CCCCc2nc(-c3ncc[nH]3)ncc21. The van der Waals surface area contributed by atoms with E-state index in [-0.39, 0.29) is 0 Å². The summed E-state index contributed by atoms with van der Waals surface area (Å²) in [6.07, 6.45) is 10.1. The van der Waals surface area contributed by atoms with Gasteiger partial charge in [-0.2, -0.15) is 0 Å². The van der Waals surface area contributed by atoms with Crippen molar-refractivity contribution in [2.75, 3.05) is 7.05 Å². The minimum absolute atomic E-state index is 0.383. The summed E-state index contributed by atoms with van der Waals surface area (Å²) in [5.74, 6) is 1.43. The van der Waals surface area contributed by atoms with Gasteiger partial charge >= 0.3 is 0 Å². The minimum atomic E-state index is 0.383. The Balaban J connectivity index is 2.01. The minimum Gasteiger partial charge on any atom is -0.342 e. The average molecular weight is 243 g/mol. The summed E-state index contributed by atoms with van der Waals surface area (Å²) in [5.41, 5.74) is 2.40. The van der Waals surface area contributed by atoms with Crippen molar-refractivity contribution in [2.45, 2.75) is 31.7 Å². The van der Waals surface area contributed by atoms with Crippen molar-refractivity contribution in [1.29, 1.82) is 0 Å². The second-order valence-electron chi connectivity index (χ2n) is 4.62. The highest BCUT2D eigenvalue weighted by Gasteiger charge is 2.19. The first-order valence-corrected chi connectivity index (χ1v) is 6.41. The molecule has 1 atom stereocenters. The summed E-state index contributed by atoms with van der Waals surface area (Å²) >= 11 is 0. The molecule has 1 aliphatic carbocycles. The Kier molecular flexibility index (Phi) is 3.06. The van der Waals surface area contributed by atoms with Gasteiger partial charge in [-0.25, -0.2) is 15.0 Å². The molecule has 1 unspecified atom stereocenters. The van der Waals surface area contributed by atoms with Crippen LogP contribution in [0.3, 0.4) is 0 Å². The van der Waals surface area contributed by atoms with Crippen LogP contribution in [0.5, 0.6) is 0 Å². The Bertz CT molecular complexity index is 520. The van der Waals surface area contributed by atoms with E-state index in [1.807, 2.05) is 13.2 Å². The van der Waals surface area contributed by atoms with Crippen LogP contribution in [-0.2, 0) is 6.42 Å². The van der Waals surface area contributed by atoms with Gasteiger partial charge in [0.05, 0.1) is 0 Å². The van der Waals surface area contributed by atoms with E-state index in [1.165, 1.54) is 18.4 Å². The van der Waals surface area contributed by atoms with E-state index in [0.717, 1.165) is 24.4 Å². The number of aromatic amines is 1. The number of hydrogen-bond donors (Lipinski definition) is 2. The van der Waals surface area contributed by atoms with Crippen LogP contribution in [0, 0.1) is 0 Å². The van der Waals surface area contributed by atoms with Crippen LogP contribution in [0.2, 0.25) is 0 Å². The number of aryl methyl sites for hydroxylation is 1. The van der Waals surface area contributed by atoms with E-state index in [9.17, 15) is 0 Å². The average Bonchev–Trinajstić information content (AvgIpc) is 2.86. The molecule has 0 radical (unpaired) electrons. The molecular formula is C13H17N5. The standard InChI is InChI=1S/C13H17N5/c1-14-10-4-2-3-5-11-9(10)8-17-13(18-11)12-15-6-7-16-12/h6-8,10,14H,2-5H2,1H3,(H,15,16). The maximum Gasteiger partial charge on any atom is 0.195 e. The smallest absolute Gasteiger partial charge is 0.195 e. The number of H-pyrrole nitrogens is 1. The van der Waals surface area contributed by atoms with Crippen LogP contribution in [-0.4, -0.2) is 27.0 Å². The third-order valence-corrected chi connectivity index (χ3v) is 3.49. The molecule has 2 N–H and O–H groups in total. The van der Waals surface area contributed by atoms with Crippen LogP contribution in [0.4, 0.5) is 0 Å². The Morgan fingerprint density at radius 2 is 2.28 bits per heavy atom. The Morgan fingerprint density at radius 3 is 3.06 bits per heavy atom. The van der Waals surface area contributed by atoms with Gasteiger partial charge in [0, 0.05) is 35.9 Å². The molecule has 3 rings (SSSR count). The molecule has 94 valence electrons. The summed E-state index contributed by atoms with van der Waals surface area (Å²) in [6.45, 7) is 0. The van der Waals surface area contributed by atoms with Gasteiger partial charge in [0.25, 0.3) is 0 Å². The summed E-state index contributed by atoms with van der Waals surface area (Å²) in [7, 11) is 2.00. The number of aromatic nitrogens is 4. The molecule has 18 heavy (non-hydrogen) atoms. The van der Waals surface area contributed by atoms with Crippen LogP contribution >= 0.6 is 0 Å². The number of rotatable bonds is 2. The zero-order valence-electron chi connectivity index (χ0n) is 10.5. The van der Waals surface area contributed by atoms with E-state index < -0.39 is 0 Å². The molecule has 0 aliphatic heterocycles. The molecule has 2 heterocycles. The van der Waals surface area contributed by atoms with E-state index in [4.69, 9.17) is 0 Å². The largest absolute Gasteiger partial charge is 0.342 e. The molecule has 0 spiro atoms. The van der Waals surface area contributed by atoms with Crippen molar-refractivity contribution in [3.63, 3.8) is 0 Å². The van der Waals surface area contributed by atoms with Gasteiger partial charge in [-0.3, -0.25) is 0 Å². The van der Waals surface area contributed by atoms with Gasteiger partial charge in [-0.1, -0.05) is 6.42 Å². The fourth-order valence-corrected chi connectivity index (χ4v) is 2.52. The lowest BCUT2D eigenvalue weighted by atomic mass is 10.1. The van der Waals surface area contributed by atoms with Gasteiger partial charge in [0.2, 0.25) is 0 Å². The predicted octanol–water partition coefficient (Wildman–Crippen LogP) is 1.85. The van der Waals surface area contributed by atoms with Crippen molar-refractivity contribution in [3.8, 4) is 11.6 Å². The number of nitrogens with zero attached hydrogens (tertiary/aromatic N) is 3. The van der Waals surface area contributed by atoms with Gasteiger partial charge in [-0.05, 0) is 26.3 Å². The third-order valence-electron chi connectivity index (χ3n) is 3.49. The van der Waals surface area contributed by atoms with E-state index in [0.29, 0.717) is 11.9 Å². The van der Waals surface area contributed by atoms with Crippen molar-refractivity contribution in [2.24, 2.45) is 0 Å². The van der Waals surface area contributed by atoms with Gasteiger partial charge in [-0.15, -0.1) is 0 Å². The van der Waals surface area contributed by atoms with E-state index >= 15 is 0 Å². The first kappa shape index (κ1) is 11.3. The Labute approximate surface area is 106 Å². The predicted molar refractivity (Wildman–Crippen MR) is 69.0 cm³/mol. The summed E-state index contributed by atoms with van der Waals surface area (Å²) in [6, 6.07) is 0.383. The molecule has 1 aliphatic rings. The highest BCUT2D eigenvalue weighted by Crippen LogP contribution is 2.27. The molecule has 5 nitrogen and oxygen atoms in total. The molecular weight excluding hydrogens is 226 g/mol. The second kappa shape index (κ2) is 4.86. The van der Waals surface area contributed by atoms with Crippen molar-refractivity contribution in [3.05, 3.63) is 29.8 Å². The monoisotopic (exact) mass is 243 g/mol. The van der Waals surface area contributed by atoms with Gasteiger partial charge < -0.3 is 10.3 Å². The first-order valence-electron chi connectivity index (χ1n) is 6.41. The maximum atomic E-state index is 4.67. The van der Waals surface area contributed by atoms with E-state index in [1.54, 1.807) is 12.4 Å². The van der Waals surface area contributed by atoms with Gasteiger partial charge in [0.1, 0.15) is 0 Å². The Hall–Kier alpha value is -1.75. The summed E-state index contributed by atoms with van der Waals surface area (Å²) < 4.78 is 0. The van der Waals surface area contributed by atoms with Crippen LogP contribution in [0.25, 0.3) is 11.6 Å². The van der Waals surface area contributed by atoms with Gasteiger partial charge in [0.15, 0.2) is 11.6 Å². The first-order chi connectivity index (χ1) is 8.88. The van der Waals surface area contributed by atoms with Crippen LogP contribution < -0.4 is 5.32 Å². The van der Waals surface area contributed by atoms with Crippen LogP contribution in [0.15, 0.2) is 18.6 Å². The molecule has 0 amide bonds. The highest BCUT2D eigenvalue weighted by molar-refractivity contribution is 5.43. The molecule has 0 saturated carbocycles. The summed E-state index contributed by atoms with van der Waals surface area (Å²) in [4.78, 5) is 16.3. The molecule has 0 saturated heterocycles. The number of nitrogens with one attached hydrogen (secondary N) is 2. The van der Waals surface area contributed by atoms with Crippen molar-refractivity contribution < 1.29 is 0 Å². The maximum absolute atomic E-state index is 4.67. The van der Waals surface area contributed by atoms with E-state index in [2.05, 4.69) is 25.3 Å². The molecule has 5 heteroatoms. The normalized spacial score (nSPS) is 19.3. The molecule has 2 aromatic rings. The molecule has 2 aromatic heterocycles. The van der Waals surface area contributed by atoms with Crippen LogP contribution in [0.1, 0.15) is 36.6 Å². The lowest BCUT2D eigenvalue weighted by molar-refractivity contribution is 0.532. The third kappa shape index (κ3) is 2.01. The number of fused-ring (bicyclic) bond motifs is 1. The lowest BCUT2D eigenvalue weighted by Gasteiger charge is -2.15. The highest BCUT2D eigenvalue weighted by atomic mass is 15.0. The molecule has 0 aromatic carbocycles. The summed E-state index contributed by atoms with van der Waals surface area (Å²) in [5, 5.41) is 3.35.